The Morgan fingerprint density at radius 3 is 3.00 bits per heavy atom. The first-order valence-electron chi connectivity index (χ1n) is 5.39. The first-order chi connectivity index (χ1) is 8.81. The van der Waals surface area contributed by atoms with Crippen molar-refractivity contribution in [2.75, 3.05) is 5.32 Å². The molecule has 0 radical (unpaired) electrons. The van der Waals surface area contributed by atoms with Gasteiger partial charge in [-0.3, -0.25) is 9.78 Å². The van der Waals surface area contributed by atoms with Crippen molar-refractivity contribution in [2.24, 2.45) is 7.05 Å². The number of nitrogens with one attached hydrogen (secondary N) is 2. The molecule has 90 valence electrons. The SMILES string of the molecule is Cn1cc(Nc2nccc(-c3cn[nH]c3)n2)cn1. The number of anilines is 2. The third-order valence-electron chi connectivity index (χ3n) is 2.41. The molecule has 2 N–H and O–H groups in total. The van der Waals surface area contributed by atoms with E-state index in [2.05, 4.69) is 30.6 Å². The molecule has 7 heteroatoms. The Morgan fingerprint density at radius 1 is 1.33 bits per heavy atom. The van der Waals surface area contributed by atoms with Crippen LogP contribution in [0.5, 0.6) is 0 Å². The Labute approximate surface area is 103 Å². The highest BCUT2D eigenvalue weighted by molar-refractivity contribution is 5.59. The zero-order chi connectivity index (χ0) is 12.4. The van der Waals surface area contributed by atoms with Crippen LogP contribution in [-0.2, 0) is 7.05 Å². The van der Waals surface area contributed by atoms with Gasteiger partial charge in [0.1, 0.15) is 0 Å². The highest BCUT2D eigenvalue weighted by atomic mass is 15.3. The van der Waals surface area contributed by atoms with Gasteiger partial charge in [-0.15, -0.1) is 0 Å². The van der Waals surface area contributed by atoms with E-state index in [1.54, 1.807) is 29.5 Å². The molecule has 0 aliphatic carbocycles. The molecule has 0 fully saturated rings. The molecule has 0 saturated carbocycles. The van der Waals surface area contributed by atoms with Crippen molar-refractivity contribution in [3.05, 3.63) is 37.1 Å². The van der Waals surface area contributed by atoms with E-state index in [1.165, 1.54) is 0 Å². The fourth-order valence-corrected chi connectivity index (χ4v) is 1.59. The van der Waals surface area contributed by atoms with Crippen LogP contribution >= 0.6 is 0 Å². The van der Waals surface area contributed by atoms with Crippen LogP contribution in [0.2, 0.25) is 0 Å². The Kier molecular flexibility index (Phi) is 2.49. The zero-order valence-electron chi connectivity index (χ0n) is 9.70. The van der Waals surface area contributed by atoms with Crippen molar-refractivity contribution in [2.45, 2.75) is 0 Å². The fourth-order valence-electron chi connectivity index (χ4n) is 1.59. The first kappa shape index (κ1) is 10.5. The Morgan fingerprint density at radius 2 is 2.28 bits per heavy atom. The van der Waals surface area contributed by atoms with Gasteiger partial charge in [-0.05, 0) is 6.07 Å². The van der Waals surface area contributed by atoms with Gasteiger partial charge in [0.2, 0.25) is 5.95 Å². The van der Waals surface area contributed by atoms with Gasteiger partial charge in [0.25, 0.3) is 0 Å². The fraction of sp³-hybridized carbons (Fsp3) is 0.0909. The lowest BCUT2D eigenvalue weighted by atomic mass is 10.2. The van der Waals surface area contributed by atoms with E-state index in [4.69, 9.17) is 0 Å². The predicted molar refractivity (Wildman–Crippen MR) is 66.1 cm³/mol. The lowest BCUT2D eigenvalue weighted by molar-refractivity contribution is 0.768. The molecule has 18 heavy (non-hydrogen) atoms. The van der Waals surface area contributed by atoms with Gasteiger partial charge in [-0.1, -0.05) is 0 Å². The average molecular weight is 241 g/mol. The van der Waals surface area contributed by atoms with Crippen LogP contribution in [0.1, 0.15) is 0 Å². The van der Waals surface area contributed by atoms with Crippen molar-refractivity contribution in [1.29, 1.82) is 0 Å². The summed E-state index contributed by atoms with van der Waals surface area (Å²) in [6.07, 6.45) is 8.78. The predicted octanol–water partition coefficient (Wildman–Crippen LogP) is 1.34. The van der Waals surface area contributed by atoms with Crippen molar-refractivity contribution in [1.82, 2.24) is 29.9 Å². The molecule has 0 bridgehead atoms. The zero-order valence-corrected chi connectivity index (χ0v) is 9.70. The van der Waals surface area contributed by atoms with E-state index in [0.717, 1.165) is 16.9 Å². The molecule has 3 aromatic rings. The van der Waals surface area contributed by atoms with Gasteiger partial charge in [-0.25, -0.2) is 9.97 Å². The van der Waals surface area contributed by atoms with Crippen molar-refractivity contribution < 1.29 is 0 Å². The Hall–Kier alpha value is -2.70. The summed E-state index contributed by atoms with van der Waals surface area (Å²) in [6.45, 7) is 0. The quantitative estimate of drug-likeness (QED) is 0.723. The molecular weight excluding hydrogens is 230 g/mol. The molecule has 3 heterocycles. The molecular formula is C11H11N7. The maximum absolute atomic E-state index is 4.40. The lowest BCUT2D eigenvalue weighted by Gasteiger charge is -2.02. The molecule has 0 atom stereocenters. The Bertz CT molecular complexity index is 641. The number of nitrogens with zero attached hydrogens (tertiary/aromatic N) is 5. The summed E-state index contributed by atoms with van der Waals surface area (Å²) in [4.78, 5) is 8.56. The lowest BCUT2D eigenvalue weighted by Crippen LogP contribution is -1.96. The molecule has 0 amide bonds. The monoisotopic (exact) mass is 241 g/mol. The molecule has 3 aromatic heterocycles. The van der Waals surface area contributed by atoms with Crippen LogP contribution in [0.25, 0.3) is 11.3 Å². The van der Waals surface area contributed by atoms with E-state index >= 15 is 0 Å². The van der Waals surface area contributed by atoms with E-state index in [-0.39, 0.29) is 0 Å². The van der Waals surface area contributed by atoms with Crippen LogP contribution in [0.15, 0.2) is 37.1 Å². The van der Waals surface area contributed by atoms with Gasteiger partial charge < -0.3 is 5.32 Å². The summed E-state index contributed by atoms with van der Waals surface area (Å²) >= 11 is 0. The van der Waals surface area contributed by atoms with Gasteiger partial charge in [0.15, 0.2) is 0 Å². The van der Waals surface area contributed by atoms with E-state index < -0.39 is 0 Å². The normalized spacial score (nSPS) is 10.5. The number of hydrogen-bond donors (Lipinski definition) is 2. The van der Waals surface area contributed by atoms with Crippen LogP contribution in [0, 0.1) is 0 Å². The minimum absolute atomic E-state index is 0.529. The average Bonchev–Trinajstić information content (AvgIpc) is 3.01. The summed E-state index contributed by atoms with van der Waals surface area (Å²) in [5, 5.41) is 13.8. The largest absolute Gasteiger partial charge is 0.321 e. The van der Waals surface area contributed by atoms with Crippen molar-refractivity contribution in [3.63, 3.8) is 0 Å². The molecule has 7 nitrogen and oxygen atoms in total. The smallest absolute Gasteiger partial charge is 0.227 e. The van der Waals surface area contributed by atoms with Gasteiger partial charge in [-0.2, -0.15) is 10.2 Å². The number of hydrogen-bond acceptors (Lipinski definition) is 5. The van der Waals surface area contributed by atoms with Crippen LogP contribution in [0.3, 0.4) is 0 Å². The number of aromatic nitrogens is 6. The van der Waals surface area contributed by atoms with E-state index in [0.29, 0.717) is 5.95 Å². The molecule has 0 saturated heterocycles. The highest BCUT2D eigenvalue weighted by Crippen LogP contribution is 2.17. The molecule has 0 aliphatic rings. The summed E-state index contributed by atoms with van der Waals surface area (Å²) in [5.41, 5.74) is 2.58. The summed E-state index contributed by atoms with van der Waals surface area (Å²) < 4.78 is 1.71. The maximum atomic E-state index is 4.40. The molecule has 0 spiro atoms. The van der Waals surface area contributed by atoms with Crippen LogP contribution in [0.4, 0.5) is 11.6 Å². The highest BCUT2D eigenvalue weighted by Gasteiger charge is 2.04. The second-order valence-electron chi connectivity index (χ2n) is 3.78. The standard InChI is InChI=1S/C11H11N7/c1-18-7-9(6-15-18)16-11-12-3-2-10(17-11)8-4-13-14-5-8/h2-7H,1H3,(H,13,14)(H,12,16,17). The summed E-state index contributed by atoms with van der Waals surface area (Å²) in [7, 11) is 1.86. The minimum Gasteiger partial charge on any atom is -0.321 e. The number of H-pyrrole nitrogens is 1. The minimum atomic E-state index is 0.529. The van der Waals surface area contributed by atoms with Gasteiger partial charge in [0, 0.05) is 31.2 Å². The van der Waals surface area contributed by atoms with Crippen LogP contribution in [-0.4, -0.2) is 29.9 Å². The second kappa shape index (κ2) is 4.28. The topological polar surface area (TPSA) is 84.3 Å². The maximum Gasteiger partial charge on any atom is 0.227 e. The first-order valence-corrected chi connectivity index (χ1v) is 5.39. The van der Waals surface area contributed by atoms with E-state index in [9.17, 15) is 0 Å². The van der Waals surface area contributed by atoms with Crippen LogP contribution < -0.4 is 5.32 Å². The van der Waals surface area contributed by atoms with E-state index in [1.807, 2.05) is 19.3 Å². The number of aromatic amines is 1. The summed E-state index contributed by atoms with van der Waals surface area (Å²) in [6, 6.07) is 1.83. The van der Waals surface area contributed by atoms with Crippen molar-refractivity contribution in [3.8, 4) is 11.3 Å². The third kappa shape index (κ3) is 2.05. The third-order valence-corrected chi connectivity index (χ3v) is 2.41. The Balaban J connectivity index is 1.87. The molecule has 3 rings (SSSR count). The number of aryl methyl sites for hydroxylation is 1. The van der Waals surface area contributed by atoms with Gasteiger partial charge >= 0.3 is 0 Å². The second-order valence-corrected chi connectivity index (χ2v) is 3.78. The molecule has 0 unspecified atom stereocenters. The summed E-state index contributed by atoms with van der Waals surface area (Å²) in [5.74, 6) is 0.529. The number of rotatable bonds is 3. The van der Waals surface area contributed by atoms with Crippen molar-refractivity contribution >= 4 is 11.6 Å². The molecule has 0 aliphatic heterocycles. The molecule has 0 aromatic carbocycles. The van der Waals surface area contributed by atoms with Gasteiger partial charge in [0.05, 0.1) is 23.8 Å².